The van der Waals surface area contributed by atoms with Gasteiger partial charge in [0.15, 0.2) is 0 Å². The number of hydrogen-bond acceptors (Lipinski definition) is 5. The maximum absolute atomic E-state index is 12.8. The average Bonchev–Trinajstić information content (AvgIpc) is 2.87. The van der Waals surface area contributed by atoms with Crippen molar-refractivity contribution in [3.8, 4) is 0 Å². The molecule has 8 nitrogen and oxygen atoms in total. The standard InChI is InChI=1S/C25H25Br2N3O5S2/c26-20-3-1-18(2-4-20)17-36(32,33)30-15-13-19(14-16-30)25(31)28-22-9-11-24(12-10-22)37(34,35)29-23-7-5-21(27)6-8-23/h1-12,19,29H,13-17H2,(H,28,31). The molecular weight excluding hydrogens is 646 g/mol. The summed E-state index contributed by atoms with van der Waals surface area (Å²) in [6, 6.07) is 19.8. The van der Waals surface area contributed by atoms with Crippen molar-refractivity contribution < 1.29 is 21.6 Å². The Morgan fingerprint density at radius 3 is 1.86 bits per heavy atom. The number of halogens is 2. The number of sulfonamides is 2. The molecule has 0 atom stereocenters. The first kappa shape index (κ1) is 27.8. The molecule has 3 aromatic rings. The van der Waals surface area contributed by atoms with E-state index in [1.165, 1.54) is 28.6 Å². The first-order valence-electron chi connectivity index (χ1n) is 11.4. The quantitative estimate of drug-likeness (QED) is 0.343. The second-order valence-corrected chi connectivity index (χ2v) is 14.2. The predicted molar refractivity (Wildman–Crippen MR) is 151 cm³/mol. The number of amides is 1. The van der Waals surface area contributed by atoms with E-state index in [1.54, 1.807) is 36.4 Å². The van der Waals surface area contributed by atoms with Gasteiger partial charge in [0.25, 0.3) is 10.0 Å². The summed E-state index contributed by atoms with van der Waals surface area (Å²) in [5, 5.41) is 2.81. The van der Waals surface area contributed by atoms with Crippen molar-refractivity contribution >= 4 is 69.2 Å². The molecule has 3 aromatic carbocycles. The Labute approximate surface area is 233 Å². The SMILES string of the molecule is O=C(Nc1ccc(S(=O)(=O)Nc2ccc(Br)cc2)cc1)C1CCN(S(=O)(=O)Cc2ccc(Br)cc2)CC1. The van der Waals surface area contributed by atoms with Crippen molar-refractivity contribution in [1.82, 2.24) is 4.31 Å². The van der Waals surface area contributed by atoms with Crippen molar-refractivity contribution in [1.29, 1.82) is 0 Å². The topological polar surface area (TPSA) is 113 Å². The van der Waals surface area contributed by atoms with Gasteiger partial charge in [-0.25, -0.2) is 21.1 Å². The molecule has 37 heavy (non-hydrogen) atoms. The maximum atomic E-state index is 12.8. The number of nitrogens with zero attached hydrogens (tertiary/aromatic N) is 1. The number of rotatable bonds is 8. The molecule has 0 aliphatic carbocycles. The van der Waals surface area contributed by atoms with Crippen LogP contribution < -0.4 is 10.0 Å². The van der Waals surface area contributed by atoms with Crippen molar-refractivity contribution in [2.75, 3.05) is 23.1 Å². The number of carbonyl (C=O) groups excluding carboxylic acids is 1. The van der Waals surface area contributed by atoms with E-state index in [9.17, 15) is 21.6 Å². The lowest BCUT2D eigenvalue weighted by Gasteiger charge is -2.30. The summed E-state index contributed by atoms with van der Waals surface area (Å²) < 4.78 is 56.6. The number of hydrogen-bond donors (Lipinski definition) is 2. The van der Waals surface area contributed by atoms with Gasteiger partial charge in [-0.1, -0.05) is 44.0 Å². The molecule has 0 spiro atoms. The third-order valence-electron chi connectivity index (χ3n) is 6.01. The number of benzene rings is 3. The fourth-order valence-corrected chi connectivity index (χ4v) is 7.12. The van der Waals surface area contributed by atoms with E-state index in [-0.39, 0.29) is 35.6 Å². The highest BCUT2D eigenvalue weighted by Crippen LogP contribution is 2.25. The molecule has 1 amide bonds. The molecule has 0 unspecified atom stereocenters. The lowest BCUT2D eigenvalue weighted by molar-refractivity contribution is -0.120. The van der Waals surface area contributed by atoms with Gasteiger partial charge in [0, 0.05) is 39.3 Å². The zero-order valence-corrected chi connectivity index (χ0v) is 24.4. The van der Waals surface area contributed by atoms with Crippen LogP contribution in [0.2, 0.25) is 0 Å². The van der Waals surface area contributed by atoms with E-state index >= 15 is 0 Å². The van der Waals surface area contributed by atoms with E-state index in [4.69, 9.17) is 0 Å². The van der Waals surface area contributed by atoms with Crippen molar-refractivity contribution in [3.63, 3.8) is 0 Å². The normalized spacial score (nSPS) is 15.3. The second-order valence-electron chi connectivity index (χ2n) is 8.68. The monoisotopic (exact) mass is 669 g/mol. The van der Waals surface area contributed by atoms with Crippen LogP contribution in [-0.2, 0) is 30.6 Å². The zero-order chi connectivity index (χ0) is 26.6. The average molecular weight is 671 g/mol. The molecule has 1 heterocycles. The van der Waals surface area contributed by atoms with Crippen molar-refractivity contribution in [3.05, 3.63) is 87.3 Å². The highest BCUT2D eigenvalue weighted by Gasteiger charge is 2.31. The fourth-order valence-electron chi connectivity index (χ4n) is 3.97. The Bertz CT molecular complexity index is 1450. The maximum Gasteiger partial charge on any atom is 0.261 e. The van der Waals surface area contributed by atoms with Crippen molar-refractivity contribution in [2.24, 2.45) is 5.92 Å². The van der Waals surface area contributed by atoms with Gasteiger partial charge in [-0.3, -0.25) is 9.52 Å². The van der Waals surface area contributed by atoms with Gasteiger partial charge in [0.2, 0.25) is 15.9 Å². The first-order chi connectivity index (χ1) is 17.5. The number of nitrogens with one attached hydrogen (secondary N) is 2. The van der Waals surface area contributed by atoms with Gasteiger partial charge < -0.3 is 5.32 Å². The molecule has 0 bridgehead atoms. The van der Waals surface area contributed by atoms with Gasteiger partial charge in [-0.15, -0.1) is 0 Å². The van der Waals surface area contributed by atoms with E-state index in [1.807, 2.05) is 12.1 Å². The predicted octanol–water partition coefficient (Wildman–Crippen LogP) is 5.19. The Hall–Kier alpha value is -2.25. The Kier molecular flexibility index (Phi) is 8.74. The minimum Gasteiger partial charge on any atom is -0.326 e. The molecule has 0 saturated carbocycles. The third kappa shape index (κ3) is 7.41. The van der Waals surface area contributed by atoms with E-state index in [0.29, 0.717) is 29.8 Å². The van der Waals surface area contributed by atoms with Gasteiger partial charge in [0.1, 0.15) is 0 Å². The van der Waals surface area contributed by atoms with Crippen LogP contribution in [0.25, 0.3) is 0 Å². The highest BCUT2D eigenvalue weighted by atomic mass is 79.9. The van der Waals surface area contributed by atoms with E-state index in [0.717, 1.165) is 8.95 Å². The van der Waals surface area contributed by atoms with Crippen molar-refractivity contribution in [2.45, 2.75) is 23.5 Å². The molecule has 1 saturated heterocycles. The molecule has 4 rings (SSSR count). The van der Waals surface area contributed by atoms with Crippen LogP contribution in [-0.4, -0.2) is 40.1 Å². The van der Waals surface area contributed by atoms with Gasteiger partial charge >= 0.3 is 0 Å². The summed E-state index contributed by atoms with van der Waals surface area (Å²) in [6.07, 6.45) is 0.823. The molecule has 1 fully saturated rings. The molecule has 12 heteroatoms. The van der Waals surface area contributed by atoms with Crippen LogP contribution in [0.1, 0.15) is 18.4 Å². The summed E-state index contributed by atoms with van der Waals surface area (Å²) >= 11 is 6.65. The summed E-state index contributed by atoms with van der Waals surface area (Å²) in [5.41, 5.74) is 1.62. The van der Waals surface area contributed by atoms with Crippen LogP contribution in [0, 0.1) is 5.92 Å². The van der Waals surface area contributed by atoms with Crippen LogP contribution in [0.15, 0.2) is 86.6 Å². The van der Waals surface area contributed by atoms with Gasteiger partial charge in [0.05, 0.1) is 10.6 Å². The second kappa shape index (κ2) is 11.6. The minimum atomic E-state index is -3.78. The fraction of sp³-hybridized carbons (Fsp3) is 0.240. The molecule has 1 aliphatic rings. The molecule has 196 valence electrons. The number of anilines is 2. The minimum absolute atomic E-state index is 0.0673. The molecule has 0 aromatic heterocycles. The molecule has 1 aliphatic heterocycles. The third-order valence-corrected chi connectivity index (χ3v) is 10.3. The molecular formula is C25H25Br2N3O5S2. The van der Waals surface area contributed by atoms with Gasteiger partial charge in [-0.05, 0) is 79.1 Å². The summed E-state index contributed by atoms with van der Waals surface area (Å²) in [4.78, 5) is 12.8. The largest absolute Gasteiger partial charge is 0.326 e. The Balaban J connectivity index is 1.30. The summed E-state index contributed by atoms with van der Waals surface area (Å²) in [5.74, 6) is -0.626. The van der Waals surface area contributed by atoms with Crippen LogP contribution in [0.5, 0.6) is 0 Å². The van der Waals surface area contributed by atoms with E-state index < -0.39 is 20.0 Å². The Morgan fingerprint density at radius 2 is 1.30 bits per heavy atom. The van der Waals surface area contributed by atoms with Crippen LogP contribution in [0.3, 0.4) is 0 Å². The van der Waals surface area contributed by atoms with Crippen LogP contribution in [0.4, 0.5) is 11.4 Å². The lowest BCUT2D eigenvalue weighted by Crippen LogP contribution is -2.41. The zero-order valence-electron chi connectivity index (χ0n) is 19.6. The Morgan fingerprint density at radius 1 is 0.784 bits per heavy atom. The van der Waals surface area contributed by atoms with Gasteiger partial charge in [-0.2, -0.15) is 0 Å². The molecule has 2 N–H and O–H groups in total. The van der Waals surface area contributed by atoms with Crippen LogP contribution >= 0.6 is 31.9 Å². The van der Waals surface area contributed by atoms with E-state index in [2.05, 4.69) is 41.9 Å². The first-order valence-corrected chi connectivity index (χ1v) is 16.1. The highest BCUT2D eigenvalue weighted by molar-refractivity contribution is 9.10. The number of piperidine rings is 1. The molecule has 0 radical (unpaired) electrons. The lowest BCUT2D eigenvalue weighted by atomic mass is 9.97. The number of carbonyl (C=O) groups is 1. The summed E-state index contributed by atoms with van der Waals surface area (Å²) in [7, 11) is -7.26. The summed E-state index contributed by atoms with van der Waals surface area (Å²) in [6.45, 7) is 0.547. The smallest absolute Gasteiger partial charge is 0.261 e.